The summed E-state index contributed by atoms with van der Waals surface area (Å²) < 4.78 is 10.4. The van der Waals surface area contributed by atoms with E-state index in [4.69, 9.17) is 14.6 Å². The monoisotopic (exact) mass is 416 g/mol. The lowest BCUT2D eigenvalue weighted by Gasteiger charge is -2.12. The van der Waals surface area contributed by atoms with Crippen LogP contribution < -0.4 is 5.56 Å². The Balaban J connectivity index is 1.87. The molecule has 0 saturated carbocycles. The zero-order chi connectivity index (χ0) is 21.1. The first kappa shape index (κ1) is 20.7. The van der Waals surface area contributed by atoms with E-state index in [-0.39, 0.29) is 19.0 Å². The van der Waals surface area contributed by atoms with Gasteiger partial charge in [-0.1, -0.05) is 12.1 Å². The number of nitrogens with zero attached hydrogens (tertiary/aromatic N) is 1. The number of aryl methyl sites for hydroxylation is 1. The molecule has 1 aromatic carbocycles. The van der Waals surface area contributed by atoms with Crippen molar-refractivity contribution in [1.82, 2.24) is 9.97 Å². The van der Waals surface area contributed by atoms with Gasteiger partial charge >= 0.3 is 11.9 Å². The molecule has 2 heterocycles. The third-order valence-corrected chi connectivity index (χ3v) is 5.49. The van der Waals surface area contributed by atoms with Crippen LogP contribution in [0.15, 0.2) is 29.1 Å². The van der Waals surface area contributed by atoms with E-state index in [9.17, 15) is 14.4 Å². The summed E-state index contributed by atoms with van der Waals surface area (Å²) in [6, 6.07) is 6.35. The lowest BCUT2D eigenvalue weighted by atomic mass is 10.1. The minimum atomic E-state index is -0.814. The molecule has 2 aromatic heterocycles. The number of carbonyl (C=O) groups excluding carboxylic acids is 2. The SMILES string of the molecule is CCOC(=O)c1sc2nc([C@@H](C)OC(=O)c3ccc(CO)cc3)[nH]c(=O)c2c1C. The number of nitrogens with one attached hydrogen (secondary N) is 1. The van der Waals surface area contributed by atoms with Gasteiger partial charge in [-0.05, 0) is 44.0 Å². The largest absolute Gasteiger partial charge is 0.462 e. The molecule has 3 rings (SSSR count). The molecule has 0 bridgehead atoms. The van der Waals surface area contributed by atoms with Gasteiger partial charge in [-0.25, -0.2) is 14.6 Å². The number of esters is 2. The van der Waals surface area contributed by atoms with Crippen molar-refractivity contribution in [3.8, 4) is 0 Å². The van der Waals surface area contributed by atoms with Gasteiger partial charge in [0.2, 0.25) is 0 Å². The molecule has 0 aliphatic carbocycles. The number of aliphatic hydroxyl groups is 1. The van der Waals surface area contributed by atoms with Crippen LogP contribution in [0.4, 0.5) is 0 Å². The van der Waals surface area contributed by atoms with E-state index in [1.54, 1.807) is 45.0 Å². The lowest BCUT2D eigenvalue weighted by Crippen LogP contribution is -2.17. The molecule has 29 heavy (non-hydrogen) atoms. The number of rotatable bonds is 6. The van der Waals surface area contributed by atoms with Crippen molar-refractivity contribution in [2.75, 3.05) is 6.61 Å². The van der Waals surface area contributed by atoms with Crippen LogP contribution in [0.3, 0.4) is 0 Å². The molecular formula is C20H20N2O6S. The van der Waals surface area contributed by atoms with E-state index in [0.717, 1.165) is 11.3 Å². The van der Waals surface area contributed by atoms with Crippen LogP contribution in [-0.2, 0) is 16.1 Å². The Morgan fingerprint density at radius 3 is 2.55 bits per heavy atom. The molecule has 0 unspecified atom stereocenters. The van der Waals surface area contributed by atoms with Crippen molar-refractivity contribution in [3.05, 3.63) is 62.0 Å². The van der Waals surface area contributed by atoms with Crippen LogP contribution in [0.1, 0.15) is 56.9 Å². The normalized spacial score (nSPS) is 12.0. The Bertz CT molecular complexity index is 1120. The van der Waals surface area contributed by atoms with E-state index in [1.165, 1.54) is 0 Å². The predicted octanol–water partition coefficient (Wildman–Crippen LogP) is 2.88. The van der Waals surface area contributed by atoms with Crippen LogP contribution in [-0.4, -0.2) is 33.6 Å². The van der Waals surface area contributed by atoms with Gasteiger partial charge < -0.3 is 19.6 Å². The molecule has 1 atom stereocenters. The van der Waals surface area contributed by atoms with E-state index < -0.39 is 23.6 Å². The third kappa shape index (κ3) is 4.20. The fourth-order valence-corrected chi connectivity index (χ4v) is 3.86. The van der Waals surface area contributed by atoms with Gasteiger partial charge in [0.15, 0.2) is 11.9 Å². The van der Waals surface area contributed by atoms with Crippen LogP contribution in [0, 0.1) is 6.92 Å². The summed E-state index contributed by atoms with van der Waals surface area (Å²) in [4.78, 5) is 44.7. The summed E-state index contributed by atoms with van der Waals surface area (Å²) in [5, 5.41) is 9.39. The first-order valence-electron chi connectivity index (χ1n) is 8.96. The number of hydrogen-bond donors (Lipinski definition) is 2. The second-order valence-electron chi connectivity index (χ2n) is 6.31. The molecule has 2 N–H and O–H groups in total. The molecule has 8 nitrogen and oxygen atoms in total. The summed E-state index contributed by atoms with van der Waals surface area (Å²) in [7, 11) is 0. The highest BCUT2D eigenvalue weighted by atomic mass is 32.1. The van der Waals surface area contributed by atoms with Crippen molar-refractivity contribution in [3.63, 3.8) is 0 Å². The fraction of sp³-hybridized carbons (Fsp3) is 0.300. The van der Waals surface area contributed by atoms with Gasteiger partial charge in [0.05, 0.1) is 24.2 Å². The lowest BCUT2D eigenvalue weighted by molar-refractivity contribution is 0.0319. The van der Waals surface area contributed by atoms with Crippen LogP contribution >= 0.6 is 11.3 Å². The molecule has 9 heteroatoms. The van der Waals surface area contributed by atoms with Crippen LogP contribution in [0.5, 0.6) is 0 Å². The fourth-order valence-electron chi connectivity index (χ4n) is 2.78. The highest BCUT2D eigenvalue weighted by molar-refractivity contribution is 7.20. The summed E-state index contributed by atoms with van der Waals surface area (Å²) in [5.41, 5.74) is 1.09. The number of aliphatic hydroxyl groups excluding tert-OH is 1. The maximum absolute atomic E-state index is 12.5. The molecule has 3 aromatic rings. The van der Waals surface area contributed by atoms with E-state index in [0.29, 0.717) is 31.8 Å². The Labute approximate surface area is 170 Å². The van der Waals surface area contributed by atoms with Gasteiger partial charge in [-0.3, -0.25) is 4.79 Å². The first-order valence-corrected chi connectivity index (χ1v) is 9.78. The molecule has 0 aliphatic rings. The van der Waals surface area contributed by atoms with Gasteiger partial charge in [0.25, 0.3) is 5.56 Å². The number of thiophene rings is 1. The number of aromatic amines is 1. The number of ether oxygens (including phenoxy) is 2. The van der Waals surface area contributed by atoms with Crippen LogP contribution in [0.2, 0.25) is 0 Å². The number of hydrogen-bond acceptors (Lipinski definition) is 8. The predicted molar refractivity (Wildman–Crippen MR) is 107 cm³/mol. The maximum atomic E-state index is 12.5. The third-order valence-electron chi connectivity index (χ3n) is 4.32. The standard InChI is InChI=1S/C20H20N2O6S/c1-4-27-20(26)15-10(2)14-17(24)21-16(22-18(14)29-15)11(3)28-19(25)13-7-5-12(9-23)6-8-13/h5-8,11,23H,4,9H2,1-3H3,(H,21,22,24)/t11-/m1/s1. The minimum Gasteiger partial charge on any atom is -0.462 e. The van der Waals surface area contributed by atoms with Gasteiger partial charge in [-0.2, -0.15) is 0 Å². The Morgan fingerprint density at radius 1 is 1.24 bits per heavy atom. The number of H-pyrrole nitrogens is 1. The molecule has 0 aliphatic heterocycles. The quantitative estimate of drug-likeness (QED) is 0.593. The molecule has 0 spiro atoms. The minimum absolute atomic E-state index is 0.120. The first-order chi connectivity index (χ1) is 13.8. The van der Waals surface area contributed by atoms with Crippen LogP contribution in [0.25, 0.3) is 10.2 Å². The summed E-state index contributed by atoms with van der Waals surface area (Å²) >= 11 is 1.07. The van der Waals surface area contributed by atoms with E-state index in [1.807, 2.05) is 0 Å². The zero-order valence-corrected chi connectivity index (χ0v) is 17.0. The molecule has 0 radical (unpaired) electrons. The van der Waals surface area contributed by atoms with Gasteiger partial charge in [0, 0.05) is 0 Å². The summed E-state index contributed by atoms with van der Waals surface area (Å²) in [5.74, 6) is -0.904. The van der Waals surface area contributed by atoms with Crippen molar-refractivity contribution < 1.29 is 24.2 Å². The second-order valence-corrected chi connectivity index (χ2v) is 7.31. The maximum Gasteiger partial charge on any atom is 0.348 e. The Morgan fingerprint density at radius 2 is 1.93 bits per heavy atom. The zero-order valence-electron chi connectivity index (χ0n) is 16.1. The van der Waals surface area contributed by atoms with E-state index >= 15 is 0 Å². The number of benzene rings is 1. The molecule has 0 amide bonds. The summed E-state index contributed by atoms with van der Waals surface area (Å²) in [6.45, 7) is 5.08. The Hall–Kier alpha value is -3.04. The molecular weight excluding hydrogens is 396 g/mol. The highest BCUT2D eigenvalue weighted by Gasteiger charge is 2.22. The topological polar surface area (TPSA) is 119 Å². The molecule has 0 fully saturated rings. The number of aromatic nitrogens is 2. The molecule has 0 saturated heterocycles. The van der Waals surface area contributed by atoms with Gasteiger partial charge in [0.1, 0.15) is 9.71 Å². The van der Waals surface area contributed by atoms with Crippen molar-refractivity contribution >= 4 is 33.5 Å². The highest BCUT2D eigenvalue weighted by Crippen LogP contribution is 2.28. The average molecular weight is 416 g/mol. The Kier molecular flexibility index (Phi) is 6.09. The number of carbonyl (C=O) groups is 2. The van der Waals surface area contributed by atoms with Crippen molar-refractivity contribution in [2.24, 2.45) is 0 Å². The molecule has 152 valence electrons. The van der Waals surface area contributed by atoms with Crippen molar-refractivity contribution in [2.45, 2.75) is 33.5 Å². The van der Waals surface area contributed by atoms with Crippen molar-refractivity contribution in [1.29, 1.82) is 0 Å². The van der Waals surface area contributed by atoms with Gasteiger partial charge in [-0.15, -0.1) is 11.3 Å². The second kappa shape index (κ2) is 8.54. The summed E-state index contributed by atoms with van der Waals surface area (Å²) in [6.07, 6.45) is -0.814. The number of fused-ring (bicyclic) bond motifs is 1. The average Bonchev–Trinajstić information content (AvgIpc) is 3.05. The smallest absolute Gasteiger partial charge is 0.348 e. The van der Waals surface area contributed by atoms with E-state index in [2.05, 4.69) is 9.97 Å².